The molecule has 0 aliphatic rings. The van der Waals surface area contributed by atoms with Crippen LogP contribution in [0.1, 0.15) is 27.0 Å². The van der Waals surface area contributed by atoms with Crippen molar-refractivity contribution in [2.45, 2.75) is 13.8 Å². The predicted molar refractivity (Wildman–Crippen MR) is 100 cm³/mol. The first-order valence-electron chi connectivity index (χ1n) is 8.07. The summed E-state index contributed by atoms with van der Waals surface area (Å²) in [6.07, 6.45) is 0. The third-order valence-corrected chi connectivity index (χ3v) is 4.27. The first-order chi connectivity index (χ1) is 11.6. The second-order valence-corrected chi connectivity index (χ2v) is 6.09. The maximum absolute atomic E-state index is 12.5. The molecule has 3 aromatic carbocycles. The number of hydrogen-bond acceptors (Lipinski definition) is 2. The number of ketones is 1. The van der Waals surface area contributed by atoms with Gasteiger partial charge in [0.2, 0.25) is 0 Å². The fourth-order valence-electron chi connectivity index (χ4n) is 2.91. The van der Waals surface area contributed by atoms with Gasteiger partial charge in [-0.3, -0.25) is 4.79 Å². The van der Waals surface area contributed by atoms with Crippen LogP contribution in [0, 0.1) is 13.8 Å². The molecule has 0 fully saturated rings. The van der Waals surface area contributed by atoms with Crippen LogP contribution in [0.25, 0.3) is 0 Å². The van der Waals surface area contributed by atoms with Crippen LogP contribution in [0.2, 0.25) is 0 Å². The Balaban J connectivity index is 1.85. The minimum absolute atomic E-state index is 0.0521. The van der Waals surface area contributed by atoms with E-state index in [4.69, 9.17) is 0 Å². The summed E-state index contributed by atoms with van der Waals surface area (Å²) in [5.74, 6) is 0.0521. The lowest BCUT2D eigenvalue weighted by Gasteiger charge is -2.22. The molecule has 0 N–H and O–H groups in total. The summed E-state index contributed by atoms with van der Waals surface area (Å²) in [6.45, 7) is 4.22. The van der Waals surface area contributed by atoms with Gasteiger partial charge in [-0.05, 0) is 49.7 Å². The molecule has 0 saturated heterocycles. The molecular weight excluding hydrogens is 294 g/mol. The van der Waals surface area contributed by atoms with E-state index in [-0.39, 0.29) is 5.78 Å². The summed E-state index contributed by atoms with van der Waals surface area (Å²) in [6, 6.07) is 23.6. The molecule has 0 aromatic heterocycles. The molecule has 0 aliphatic carbocycles. The Bertz CT molecular complexity index is 851. The molecular formula is C22H21NO. The van der Waals surface area contributed by atoms with Gasteiger partial charge in [0.15, 0.2) is 5.78 Å². The highest BCUT2D eigenvalue weighted by Gasteiger charge is 2.11. The number of hydrogen-bond donors (Lipinski definition) is 0. The zero-order valence-electron chi connectivity index (χ0n) is 14.3. The van der Waals surface area contributed by atoms with E-state index in [9.17, 15) is 4.79 Å². The van der Waals surface area contributed by atoms with Crippen LogP contribution in [-0.4, -0.2) is 12.8 Å². The molecule has 120 valence electrons. The van der Waals surface area contributed by atoms with Crippen LogP contribution in [-0.2, 0) is 0 Å². The molecule has 0 heterocycles. The van der Waals surface area contributed by atoms with Crippen LogP contribution in [0.4, 0.5) is 11.4 Å². The van der Waals surface area contributed by atoms with Gasteiger partial charge in [0.05, 0.1) is 0 Å². The molecule has 0 aliphatic heterocycles. The topological polar surface area (TPSA) is 20.3 Å². The van der Waals surface area contributed by atoms with E-state index in [2.05, 4.69) is 36.9 Å². The van der Waals surface area contributed by atoms with Gasteiger partial charge in [-0.25, -0.2) is 0 Å². The summed E-state index contributed by atoms with van der Waals surface area (Å²) in [5.41, 5.74) is 6.15. The zero-order chi connectivity index (χ0) is 17.1. The first-order valence-corrected chi connectivity index (χ1v) is 8.07. The van der Waals surface area contributed by atoms with Gasteiger partial charge in [0, 0.05) is 29.5 Å². The molecule has 3 aromatic rings. The highest BCUT2D eigenvalue weighted by atomic mass is 16.1. The lowest BCUT2D eigenvalue weighted by atomic mass is 10.0. The summed E-state index contributed by atoms with van der Waals surface area (Å²) >= 11 is 0. The predicted octanol–water partition coefficient (Wildman–Crippen LogP) is 5.30. The van der Waals surface area contributed by atoms with E-state index < -0.39 is 0 Å². The largest absolute Gasteiger partial charge is 0.344 e. The van der Waals surface area contributed by atoms with Crippen molar-refractivity contribution in [1.29, 1.82) is 0 Å². The highest BCUT2D eigenvalue weighted by molar-refractivity contribution is 6.09. The molecule has 0 amide bonds. The van der Waals surface area contributed by atoms with Gasteiger partial charge in [-0.15, -0.1) is 0 Å². The van der Waals surface area contributed by atoms with E-state index >= 15 is 0 Å². The number of benzene rings is 3. The minimum atomic E-state index is 0.0521. The number of nitrogens with zero attached hydrogens (tertiary/aromatic N) is 1. The van der Waals surface area contributed by atoms with E-state index in [0.29, 0.717) is 11.1 Å². The van der Waals surface area contributed by atoms with Crippen molar-refractivity contribution in [2.24, 2.45) is 0 Å². The molecule has 2 nitrogen and oxygen atoms in total. The molecule has 0 atom stereocenters. The molecule has 3 rings (SSSR count). The Morgan fingerprint density at radius 3 is 2.04 bits per heavy atom. The van der Waals surface area contributed by atoms with Crippen molar-refractivity contribution in [3.05, 3.63) is 95.1 Å². The lowest BCUT2D eigenvalue weighted by molar-refractivity contribution is 0.103. The maximum Gasteiger partial charge on any atom is 0.193 e. The van der Waals surface area contributed by atoms with Crippen LogP contribution in [0.15, 0.2) is 72.8 Å². The molecule has 0 radical (unpaired) electrons. The first kappa shape index (κ1) is 16.0. The molecule has 2 heteroatoms. The fraction of sp³-hybridized carbons (Fsp3) is 0.136. The Labute approximate surface area is 143 Å². The van der Waals surface area contributed by atoms with Crippen molar-refractivity contribution in [2.75, 3.05) is 11.9 Å². The molecule has 0 saturated carbocycles. The average Bonchev–Trinajstić information content (AvgIpc) is 2.61. The maximum atomic E-state index is 12.5. The van der Waals surface area contributed by atoms with Crippen LogP contribution in [0.3, 0.4) is 0 Å². The number of carbonyl (C=O) groups is 1. The van der Waals surface area contributed by atoms with Gasteiger partial charge < -0.3 is 4.90 Å². The lowest BCUT2D eigenvalue weighted by Crippen LogP contribution is -2.11. The molecule has 0 spiro atoms. The smallest absolute Gasteiger partial charge is 0.193 e. The summed E-state index contributed by atoms with van der Waals surface area (Å²) in [5, 5.41) is 0. The van der Waals surface area contributed by atoms with Crippen LogP contribution in [0.5, 0.6) is 0 Å². The number of rotatable bonds is 4. The van der Waals surface area contributed by atoms with Gasteiger partial charge in [0.25, 0.3) is 0 Å². The van der Waals surface area contributed by atoms with Crippen LogP contribution < -0.4 is 4.90 Å². The Morgan fingerprint density at radius 2 is 1.42 bits per heavy atom. The van der Waals surface area contributed by atoms with Crippen molar-refractivity contribution in [1.82, 2.24) is 0 Å². The Hall–Kier alpha value is -2.87. The average molecular weight is 315 g/mol. The second kappa shape index (κ2) is 6.71. The van der Waals surface area contributed by atoms with Crippen molar-refractivity contribution in [3.8, 4) is 0 Å². The van der Waals surface area contributed by atoms with Crippen LogP contribution >= 0.6 is 0 Å². The molecule has 0 unspecified atom stereocenters. The van der Waals surface area contributed by atoms with E-state index in [1.165, 1.54) is 16.8 Å². The van der Waals surface area contributed by atoms with Gasteiger partial charge in [-0.2, -0.15) is 0 Å². The summed E-state index contributed by atoms with van der Waals surface area (Å²) in [4.78, 5) is 14.6. The normalized spacial score (nSPS) is 10.5. The van der Waals surface area contributed by atoms with Crippen molar-refractivity contribution >= 4 is 17.2 Å². The van der Waals surface area contributed by atoms with E-state index in [1.54, 1.807) is 0 Å². The van der Waals surface area contributed by atoms with Crippen molar-refractivity contribution in [3.63, 3.8) is 0 Å². The van der Waals surface area contributed by atoms with Gasteiger partial charge in [-0.1, -0.05) is 48.0 Å². The fourth-order valence-corrected chi connectivity index (χ4v) is 2.91. The van der Waals surface area contributed by atoms with Gasteiger partial charge >= 0.3 is 0 Å². The molecule has 24 heavy (non-hydrogen) atoms. The second-order valence-electron chi connectivity index (χ2n) is 6.09. The minimum Gasteiger partial charge on any atom is -0.344 e. The SMILES string of the molecule is Cc1ccc(N(C)c2ccc(C(=O)c3ccccc3)cc2)c(C)c1. The number of aryl methyl sites for hydroxylation is 2. The standard InChI is InChI=1S/C22H21NO/c1-16-9-14-21(17(2)15-16)23(3)20-12-10-19(11-13-20)22(24)18-7-5-4-6-8-18/h4-15H,1-3H3. The summed E-state index contributed by atoms with van der Waals surface area (Å²) in [7, 11) is 2.05. The summed E-state index contributed by atoms with van der Waals surface area (Å²) < 4.78 is 0. The Morgan fingerprint density at radius 1 is 0.792 bits per heavy atom. The van der Waals surface area contributed by atoms with E-state index in [1.807, 2.05) is 61.6 Å². The monoisotopic (exact) mass is 315 g/mol. The third-order valence-electron chi connectivity index (χ3n) is 4.27. The Kier molecular flexibility index (Phi) is 4.48. The third kappa shape index (κ3) is 3.23. The molecule has 0 bridgehead atoms. The van der Waals surface area contributed by atoms with Gasteiger partial charge in [0.1, 0.15) is 0 Å². The van der Waals surface area contributed by atoms with Crippen molar-refractivity contribution < 1.29 is 4.79 Å². The van der Waals surface area contributed by atoms with E-state index in [0.717, 1.165) is 5.69 Å². The number of anilines is 2. The number of carbonyl (C=O) groups excluding carboxylic acids is 1. The quantitative estimate of drug-likeness (QED) is 0.609. The highest BCUT2D eigenvalue weighted by Crippen LogP contribution is 2.27. The zero-order valence-corrected chi connectivity index (χ0v) is 14.3.